The zero-order valence-corrected chi connectivity index (χ0v) is 14.9. The van der Waals surface area contributed by atoms with Gasteiger partial charge in [-0.05, 0) is 6.07 Å². The van der Waals surface area contributed by atoms with Crippen molar-refractivity contribution in [2.45, 2.75) is 13.0 Å². The highest BCUT2D eigenvalue weighted by molar-refractivity contribution is 5.99. The summed E-state index contributed by atoms with van der Waals surface area (Å²) >= 11 is 0. The third kappa shape index (κ3) is 2.57. The highest BCUT2D eigenvalue weighted by Crippen LogP contribution is 2.38. The summed E-state index contributed by atoms with van der Waals surface area (Å²) in [5.41, 5.74) is 2.97. The van der Waals surface area contributed by atoms with Gasteiger partial charge in [-0.15, -0.1) is 0 Å². The zero-order valence-electron chi connectivity index (χ0n) is 14.9. The summed E-state index contributed by atoms with van der Waals surface area (Å²) in [5, 5.41) is 12.6. The Kier molecular flexibility index (Phi) is 3.71. The van der Waals surface area contributed by atoms with E-state index in [0.29, 0.717) is 44.2 Å². The Labute approximate surface area is 159 Å². The first-order valence-corrected chi connectivity index (χ1v) is 9.07. The SMILES string of the molecule is O=C(c1cc2c(cc1[N+](=O)[O-])OCCO2)N1CCc2[nH]c3ccccc3c2C1. The van der Waals surface area contributed by atoms with Crippen molar-refractivity contribution in [3.8, 4) is 11.5 Å². The number of para-hydroxylation sites is 1. The number of rotatable bonds is 2. The molecule has 2 aliphatic heterocycles. The van der Waals surface area contributed by atoms with E-state index in [-0.39, 0.29) is 17.2 Å². The molecule has 0 saturated carbocycles. The van der Waals surface area contributed by atoms with Crippen molar-refractivity contribution in [1.82, 2.24) is 9.88 Å². The Balaban J connectivity index is 1.52. The van der Waals surface area contributed by atoms with Crippen molar-refractivity contribution in [1.29, 1.82) is 0 Å². The molecule has 0 unspecified atom stereocenters. The van der Waals surface area contributed by atoms with Gasteiger partial charge in [-0.25, -0.2) is 0 Å². The highest BCUT2D eigenvalue weighted by atomic mass is 16.6. The molecule has 2 aliphatic rings. The Morgan fingerprint density at radius 1 is 1.14 bits per heavy atom. The molecular weight excluding hydrogens is 362 g/mol. The smallest absolute Gasteiger partial charge is 0.286 e. The van der Waals surface area contributed by atoms with E-state index in [1.165, 1.54) is 12.1 Å². The first-order valence-electron chi connectivity index (χ1n) is 9.07. The van der Waals surface area contributed by atoms with Crippen LogP contribution in [0, 0.1) is 10.1 Å². The van der Waals surface area contributed by atoms with Crippen molar-refractivity contribution < 1.29 is 19.2 Å². The summed E-state index contributed by atoms with van der Waals surface area (Å²) in [6.45, 7) is 1.57. The number of ether oxygens (including phenoxy) is 2. The number of amides is 1. The molecule has 0 atom stereocenters. The maximum Gasteiger partial charge on any atom is 0.286 e. The van der Waals surface area contributed by atoms with Crippen LogP contribution in [0.2, 0.25) is 0 Å². The van der Waals surface area contributed by atoms with Gasteiger partial charge in [0, 0.05) is 47.7 Å². The second-order valence-electron chi connectivity index (χ2n) is 6.87. The van der Waals surface area contributed by atoms with E-state index in [2.05, 4.69) is 4.98 Å². The van der Waals surface area contributed by atoms with Crippen LogP contribution < -0.4 is 9.47 Å². The van der Waals surface area contributed by atoms with Crippen LogP contribution in [0.15, 0.2) is 36.4 Å². The second kappa shape index (κ2) is 6.26. The van der Waals surface area contributed by atoms with Gasteiger partial charge in [0.2, 0.25) is 0 Å². The number of aromatic nitrogens is 1. The van der Waals surface area contributed by atoms with Gasteiger partial charge in [0.15, 0.2) is 11.5 Å². The minimum absolute atomic E-state index is 0.0255. The molecule has 2 aromatic carbocycles. The molecule has 3 heterocycles. The van der Waals surface area contributed by atoms with Crippen molar-refractivity contribution >= 4 is 22.5 Å². The summed E-state index contributed by atoms with van der Waals surface area (Å²) in [4.78, 5) is 29.3. The van der Waals surface area contributed by atoms with Gasteiger partial charge in [-0.1, -0.05) is 18.2 Å². The summed E-state index contributed by atoms with van der Waals surface area (Å²) in [6, 6.07) is 10.7. The number of fused-ring (bicyclic) bond motifs is 4. The summed E-state index contributed by atoms with van der Waals surface area (Å²) in [7, 11) is 0. The number of nitrogens with one attached hydrogen (secondary N) is 1. The molecule has 8 nitrogen and oxygen atoms in total. The molecule has 5 rings (SSSR count). The first-order chi connectivity index (χ1) is 13.6. The molecule has 0 radical (unpaired) electrons. The van der Waals surface area contributed by atoms with E-state index in [4.69, 9.17) is 9.47 Å². The Bertz CT molecular complexity index is 1120. The normalized spacial score (nSPS) is 15.4. The van der Waals surface area contributed by atoms with Crippen molar-refractivity contribution in [3.63, 3.8) is 0 Å². The van der Waals surface area contributed by atoms with Crippen LogP contribution in [0.5, 0.6) is 11.5 Å². The second-order valence-corrected chi connectivity index (χ2v) is 6.87. The first kappa shape index (κ1) is 16.6. The summed E-state index contributed by atoms with van der Waals surface area (Å²) < 4.78 is 10.9. The van der Waals surface area contributed by atoms with Crippen LogP contribution in [0.25, 0.3) is 10.9 Å². The van der Waals surface area contributed by atoms with E-state index in [1.54, 1.807) is 4.90 Å². The lowest BCUT2D eigenvalue weighted by Gasteiger charge is -2.28. The molecule has 1 N–H and O–H groups in total. The lowest BCUT2D eigenvalue weighted by Crippen LogP contribution is -2.36. The molecule has 3 aromatic rings. The van der Waals surface area contributed by atoms with Gasteiger partial charge >= 0.3 is 0 Å². The minimum Gasteiger partial charge on any atom is -0.486 e. The largest absolute Gasteiger partial charge is 0.486 e. The number of H-pyrrole nitrogens is 1. The number of aromatic amines is 1. The fourth-order valence-electron chi connectivity index (χ4n) is 3.91. The number of hydrogen-bond donors (Lipinski definition) is 1. The Morgan fingerprint density at radius 2 is 1.89 bits per heavy atom. The fourth-order valence-corrected chi connectivity index (χ4v) is 3.91. The van der Waals surface area contributed by atoms with Crippen molar-refractivity contribution in [3.05, 3.63) is 63.3 Å². The van der Waals surface area contributed by atoms with Gasteiger partial charge in [0.25, 0.3) is 11.6 Å². The van der Waals surface area contributed by atoms with Crippen LogP contribution in [-0.2, 0) is 13.0 Å². The number of nitro benzene ring substituents is 1. The van der Waals surface area contributed by atoms with Crippen LogP contribution in [0.4, 0.5) is 5.69 Å². The van der Waals surface area contributed by atoms with Gasteiger partial charge in [-0.3, -0.25) is 14.9 Å². The maximum absolute atomic E-state index is 13.2. The predicted molar refractivity (Wildman–Crippen MR) is 101 cm³/mol. The zero-order chi connectivity index (χ0) is 19.3. The molecule has 28 heavy (non-hydrogen) atoms. The third-order valence-corrected chi connectivity index (χ3v) is 5.26. The summed E-state index contributed by atoms with van der Waals surface area (Å²) in [5.74, 6) is 0.289. The quantitative estimate of drug-likeness (QED) is 0.545. The third-order valence-electron chi connectivity index (χ3n) is 5.26. The van der Waals surface area contributed by atoms with Gasteiger partial charge < -0.3 is 19.4 Å². The van der Waals surface area contributed by atoms with Crippen LogP contribution in [0.3, 0.4) is 0 Å². The van der Waals surface area contributed by atoms with Gasteiger partial charge in [-0.2, -0.15) is 0 Å². The lowest BCUT2D eigenvalue weighted by atomic mass is 10.0. The monoisotopic (exact) mass is 379 g/mol. The van der Waals surface area contributed by atoms with E-state index < -0.39 is 4.92 Å². The molecule has 0 bridgehead atoms. The Morgan fingerprint density at radius 3 is 2.68 bits per heavy atom. The van der Waals surface area contributed by atoms with E-state index in [1.807, 2.05) is 24.3 Å². The van der Waals surface area contributed by atoms with Crippen molar-refractivity contribution in [2.24, 2.45) is 0 Å². The molecule has 0 fully saturated rings. The number of nitrogens with zero attached hydrogens (tertiary/aromatic N) is 2. The fraction of sp³-hybridized carbons (Fsp3) is 0.250. The summed E-state index contributed by atoms with van der Waals surface area (Å²) in [6.07, 6.45) is 0.675. The topological polar surface area (TPSA) is 97.7 Å². The molecule has 0 saturated heterocycles. The predicted octanol–water partition coefficient (Wildman–Crippen LogP) is 3.05. The highest BCUT2D eigenvalue weighted by Gasteiger charge is 2.31. The maximum atomic E-state index is 13.2. The number of carbonyl (C=O) groups excluding carboxylic acids is 1. The van der Waals surface area contributed by atoms with Crippen LogP contribution >= 0.6 is 0 Å². The number of hydrogen-bond acceptors (Lipinski definition) is 5. The van der Waals surface area contributed by atoms with E-state index in [0.717, 1.165) is 22.2 Å². The number of benzene rings is 2. The van der Waals surface area contributed by atoms with E-state index >= 15 is 0 Å². The average Bonchev–Trinajstić information content (AvgIpc) is 3.10. The molecule has 1 aromatic heterocycles. The van der Waals surface area contributed by atoms with E-state index in [9.17, 15) is 14.9 Å². The van der Waals surface area contributed by atoms with Crippen LogP contribution in [-0.4, -0.2) is 40.5 Å². The van der Waals surface area contributed by atoms with Crippen LogP contribution in [0.1, 0.15) is 21.6 Å². The van der Waals surface area contributed by atoms with Gasteiger partial charge in [0.1, 0.15) is 18.8 Å². The molecule has 0 aliphatic carbocycles. The number of nitro groups is 1. The van der Waals surface area contributed by atoms with Crippen molar-refractivity contribution in [2.75, 3.05) is 19.8 Å². The molecule has 8 heteroatoms. The Hall–Kier alpha value is -3.55. The lowest BCUT2D eigenvalue weighted by molar-refractivity contribution is -0.385. The molecular formula is C20H17N3O5. The average molecular weight is 379 g/mol. The van der Waals surface area contributed by atoms with Gasteiger partial charge in [0.05, 0.1) is 11.0 Å². The number of carbonyl (C=O) groups is 1. The molecule has 1 amide bonds. The minimum atomic E-state index is -0.549. The molecule has 0 spiro atoms. The molecule has 142 valence electrons. The standard InChI is InChI=1S/C20H17N3O5/c24-20(13-9-18-19(28-8-7-27-18)10-17(13)23(25)26)22-6-5-16-14(11-22)12-3-1-2-4-15(12)21-16/h1-4,9-10,21H,5-8,11H2.